The van der Waals surface area contributed by atoms with Gasteiger partial charge in [0, 0.05) is 22.0 Å². The zero-order valence-electron chi connectivity index (χ0n) is 21.1. The van der Waals surface area contributed by atoms with Gasteiger partial charge in [-0.1, -0.05) is 72.3 Å². The van der Waals surface area contributed by atoms with Crippen molar-refractivity contribution in [2.45, 2.75) is 17.5 Å². The van der Waals surface area contributed by atoms with Crippen LogP contribution < -0.4 is 10.2 Å². The normalized spacial score (nSPS) is 23.9. The van der Waals surface area contributed by atoms with Crippen molar-refractivity contribution in [3.63, 3.8) is 0 Å². The van der Waals surface area contributed by atoms with Crippen molar-refractivity contribution >= 4 is 46.5 Å². The number of halogens is 2. The summed E-state index contributed by atoms with van der Waals surface area (Å²) in [6, 6.07) is 25.2. The molecule has 3 aliphatic rings. The van der Waals surface area contributed by atoms with Crippen LogP contribution in [0.2, 0.25) is 5.02 Å². The van der Waals surface area contributed by atoms with Crippen LogP contribution in [0.15, 0.2) is 103 Å². The molecule has 0 aliphatic carbocycles. The van der Waals surface area contributed by atoms with Gasteiger partial charge in [-0.2, -0.15) is 0 Å². The van der Waals surface area contributed by atoms with Gasteiger partial charge in [0.05, 0.1) is 17.5 Å². The number of hydrogen-bond donors (Lipinski definition) is 1. The second-order valence-electron chi connectivity index (χ2n) is 10.3. The summed E-state index contributed by atoms with van der Waals surface area (Å²) in [7, 11) is 0. The van der Waals surface area contributed by atoms with E-state index in [0.29, 0.717) is 21.8 Å². The summed E-state index contributed by atoms with van der Waals surface area (Å²) >= 11 is 6.12. The third kappa shape index (κ3) is 3.29. The molecule has 1 spiro atoms. The fourth-order valence-electron chi connectivity index (χ4n) is 6.73. The molecular weight excluding hydrogens is 527 g/mol. The molecule has 1 saturated heterocycles. The van der Waals surface area contributed by atoms with Crippen LogP contribution in [0.3, 0.4) is 0 Å². The predicted octanol–water partition coefficient (Wildman–Crippen LogP) is 6.34. The maximum absolute atomic E-state index is 15.2. The van der Waals surface area contributed by atoms with E-state index in [-0.39, 0.29) is 11.3 Å². The molecule has 7 heteroatoms. The highest BCUT2D eigenvalue weighted by atomic mass is 35.5. The van der Waals surface area contributed by atoms with E-state index >= 15 is 4.39 Å². The Morgan fingerprint density at radius 2 is 1.55 bits per heavy atom. The van der Waals surface area contributed by atoms with E-state index in [1.807, 2.05) is 53.5 Å². The number of benzene rings is 4. The zero-order valence-corrected chi connectivity index (χ0v) is 21.8. The Hall–Kier alpha value is -4.55. The predicted molar refractivity (Wildman–Crippen MR) is 152 cm³/mol. The van der Waals surface area contributed by atoms with Gasteiger partial charge in [-0.25, -0.2) is 4.39 Å². The van der Waals surface area contributed by atoms with Gasteiger partial charge in [-0.3, -0.25) is 14.4 Å². The molecule has 1 amide bonds. The first kappa shape index (κ1) is 24.5. The van der Waals surface area contributed by atoms with Crippen molar-refractivity contribution in [2.75, 3.05) is 10.2 Å². The SMILES string of the molecule is O=C(c1ccc(Cl)cc1)[C@@H]1[C@H](C(=O)c2ccccc2F)[C@]2(C(=O)Nc3ccccc32)[C@H]2C=Cc3ccccc3N12. The highest BCUT2D eigenvalue weighted by Gasteiger charge is 2.70. The summed E-state index contributed by atoms with van der Waals surface area (Å²) < 4.78 is 15.2. The molecule has 4 aromatic rings. The topological polar surface area (TPSA) is 66.5 Å². The number of rotatable bonds is 4. The van der Waals surface area contributed by atoms with E-state index in [2.05, 4.69) is 5.32 Å². The Balaban J connectivity index is 1.55. The maximum Gasteiger partial charge on any atom is 0.238 e. The summed E-state index contributed by atoms with van der Waals surface area (Å²) in [5.41, 5.74) is 1.46. The summed E-state index contributed by atoms with van der Waals surface area (Å²) in [6.45, 7) is 0. The molecule has 40 heavy (non-hydrogen) atoms. The standard InChI is InChI=1S/C33H22ClFN2O3/c34-21-16-13-20(14-17-21)30(38)29-28(31(39)22-8-2-4-10-24(22)35)33(23-9-3-5-11-25(23)36-32(33)40)27-18-15-19-7-1-6-12-26(19)37(27)29/h1-18,27-29H,(H,36,40)/t27-,28-,29+,33-/m1/s1. The van der Waals surface area contributed by atoms with Gasteiger partial charge in [0.25, 0.3) is 0 Å². The van der Waals surface area contributed by atoms with Crippen molar-refractivity contribution in [1.82, 2.24) is 0 Å². The van der Waals surface area contributed by atoms with E-state index in [1.54, 1.807) is 42.5 Å². The Morgan fingerprint density at radius 1 is 0.850 bits per heavy atom. The molecule has 7 rings (SSSR count). The number of para-hydroxylation sites is 2. The van der Waals surface area contributed by atoms with Crippen LogP contribution in [0.25, 0.3) is 6.08 Å². The van der Waals surface area contributed by atoms with Crippen molar-refractivity contribution in [1.29, 1.82) is 0 Å². The van der Waals surface area contributed by atoms with Gasteiger partial charge in [0.2, 0.25) is 5.91 Å². The molecule has 1 N–H and O–H groups in total. The fourth-order valence-corrected chi connectivity index (χ4v) is 6.86. The average molecular weight is 549 g/mol. The summed E-state index contributed by atoms with van der Waals surface area (Å²) in [6.07, 6.45) is 3.81. The van der Waals surface area contributed by atoms with E-state index in [1.165, 1.54) is 18.2 Å². The molecule has 1 fully saturated rings. The van der Waals surface area contributed by atoms with Gasteiger partial charge >= 0.3 is 0 Å². The van der Waals surface area contributed by atoms with Gasteiger partial charge in [0.1, 0.15) is 17.3 Å². The molecule has 0 radical (unpaired) electrons. The number of carbonyl (C=O) groups excluding carboxylic acids is 3. The summed E-state index contributed by atoms with van der Waals surface area (Å²) in [5, 5.41) is 3.44. The lowest BCUT2D eigenvalue weighted by atomic mass is 9.64. The van der Waals surface area contributed by atoms with Crippen molar-refractivity contribution < 1.29 is 18.8 Å². The zero-order chi connectivity index (χ0) is 27.6. The van der Waals surface area contributed by atoms with Gasteiger partial charge in [-0.15, -0.1) is 0 Å². The van der Waals surface area contributed by atoms with Gasteiger partial charge in [0.15, 0.2) is 11.6 Å². The molecule has 3 heterocycles. The Labute approximate surface area is 234 Å². The van der Waals surface area contributed by atoms with Crippen LogP contribution in [0.4, 0.5) is 15.8 Å². The smallest absolute Gasteiger partial charge is 0.238 e. The quantitative estimate of drug-likeness (QED) is 0.302. The Bertz CT molecular complexity index is 1750. The highest BCUT2D eigenvalue weighted by molar-refractivity contribution is 6.30. The first-order valence-corrected chi connectivity index (χ1v) is 13.4. The number of nitrogens with zero attached hydrogens (tertiary/aromatic N) is 1. The Morgan fingerprint density at radius 3 is 2.35 bits per heavy atom. The van der Waals surface area contributed by atoms with Crippen LogP contribution in [0, 0.1) is 11.7 Å². The second kappa shape index (κ2) is 9.00. The minimum absolute atomic E-state index is 0.157. The summed E-state index contributed by atoms with van der Waals surface area (Å²) in [4.78, 5) is 45.3. The van der Waals surface area contributed by atoms with Gasteiger partial charge in [-0.05, 0) is 59.7 Å². The first-order chi connectivity index (χ1) is 19.4. The van der Waals surface area contributed by atoms with Crippen molar-refractivity contribution in [2.24, 2.45) is 5.92 Å². The largest absolute Gasteiger partial charge is 0.352 e. The second-order valence-corrected chi connectivity index (χ2v) is 10.7. The van der Waals surface area contributed by atoms with Crippen LogP contribution in [0.5, 0.6) is 0 Å². The molecule has 0 saturated carbocycles. The third-order valence-electron chi connectivity index (χ3n) is 8.36. The number of carbonyl (C=O) groups is 3. The fraction of sp³-hybridized carbons (Fsp3) is 0.121. The van der Waals surface area contributed by atoms with Crippen molar-refractivity contribution in [3.05, 3.63) is 136 Å². The number of hydrogen-bond acceptors (Lipinski definition) is 4. The van der Waals surface area contributed by atoms with Crippen LogP contribution in [0.1, 0.15) is 31.8 Å². The molecule has 3 aliphatic heterocycles. The van der Waals surface area contributed by atoms with Crippen LogP contribution in [-0.2, 0) is 10.2 Å². The number of fused-ring (bicyclic) bond motifs is 6. The molecular formula is C33H22ClFN2O3. The third-order valence-corrected chi connectivity index (χ3v) is 8.61. The Kier molecular flexibility index (Phi) is 5.51. The minimum Gasteiger partial charge on any atom is -0.352 e. The number of anilines is 2. The lowest BCUT2D eigenvalue weighted by Gasteiger charge is -2.37. The lowest BCUT2D eigenvalue weighted by Crippen LogP contribution is -2.51. The molecule has 0 bridgehead atoms. The van der Waals surface area contributed by atoms with E-state index in [9.17, 15) is 14.4 Å². The molecule has 0 unspecified atom stereocenters. The van der Waals surface area contributed by atoms with Gasteiger partial charge < -0.3 is 10.2 Å². The minimum atomic E-state index is -1.49. The van der Waals surface area contributed by atoms with E-state index in [4.69, 9.17) is 11.6 Å². The first-order valence-electron chi connectivity index (χ1n) is 13.0. The number of Topliss-reactive ketones (excluding diaryl/α,β-unsaturated/α-hetero) is 2. The molecule has 196 valence electrons. The van der Waals surface area contributed by atoms with E-state index < -0.39 is 40.9 Å². The molecule has 4 atom stereocenters. The molecule has 4 aromatic carbocycles. The van der Waals surface area contributed by atoms with E-state index in [0.717, 1.165) is 11.3 Å². The van der Waals surface area contributed by atoms with Crippen LogP contribution >= 0.6 is 11.6 Å². The maximum atomic E-state index is 15.2. The van der Waals surface area contributed by atoms with Crippen LogP contribution in [-0.4, -0.2) is 29.6 Å². The average Bonchev–Trinajstić information content (AvgIpc) is 3.45. The monoisotopic (exact) mass is 548 g/mol. The number of ketones is 2. The highest BCUT2D eigenvalue weighted by Crippen LogP contribution is 2.58. The number of nitrogens with one attached hydrogen (secondary N) is 1. The molecule has 5 nitrogen and oxygen atoms in total. The number of amides is 1. The summed E-state index contributed by atoms with van der Waals surface area (Å²) in [5.74, 6) is -3.29. The lowest BCUT2D eigenvalue weighted by molar-refractivity contribution is -0.121. The molecule has 0 aromatic heterocycles. The van der Waals surface area contributed by atoms with Crippen molar-refractivity contribution in [3.8, 4) is 0 Å².